The predicted molar refractivity (Wildman–Crippen MR) is 94.0 cm³/mol. The molecule has 6 heteroatoms. The zero-order valence-corrected chi connectivity index (χ0v) is 13.5. The molecule has 1 heterocycles. The number of rotatable bonds is 6. The van der Waals surface area contributed by atoms with E-state index in [1.807, 2.05) is 66.9 Å². The van der Waals surface area contributed by atoms with Gasteiger partial charge in [0.1, 0.15) is 18.1 Å². The number of benzene rings is 2. The first kappa shape index (κ1) is 15.2. The highest BCUT2D eigenvalue weighted by Gasteiger charge is 2.02. The minimum atomic E-state index is 0.428. The van der Waals surface area contributed by atoms with E-state index in [2.05, 4.69) is 20.1 Å². The standard InChI is InChI=1S/C17H16N4OS/c1-13(18-19-15-5-3-2-4-6-15)11-22-16-9-7-14(8-10-16)17-12-23-21-20-17/h2-10,12,19H,11H2,1H3/b18-13-. The molecule has 1 aromatic heterocycles. The second-order valence-electron chi connectivity index (χ2n) is 4.93. The molecule has 0 bridgehead atoms. The van der Waals surface area contributed by atoms with Crippen molar-refractivity contribution in [1.29, 1.82) is 0 Å². The van der Waals surface area contributed by atoms with E-state index in [1.54, 1.807) is 0 Å². The summed E-state index contributed by atoms with van der Waals surface area (Å²) in [5, 5.41) is 10.3. The summed E-state index contributed by atoms with van der Waals surface area (Å²) in [6.07, 6.45) is 0. The maximum absolute atomic E-state index is 5.72. The molecule has 0 aliphatic heterocycles. The fourth-order valence-corrected chi connectivity index (χ4v) is 2.37. The number of anilines is 1. The molecular formula is C17H16N4OS. The van der Waals surface area contributed by atoms with Gasteiger partial charge < -0.3 is 4.74 Å². The average Bonchev–Trinajstić information content (AvgIpc) is 3.14. The van der Waals surface area contributed by atoms with Gasteiger partial charge in [-0.2, -0.15) is 5.10 Å². The summed E-state index contributed by atoms with van der Waals surface area (Å²) < 4.78 is 9.59. The van der Waals surface area contributed by atoms with Crippen molar-refractivity contribution in [2.45, 2.75) is 6.92 Å². The molecule has 0 unspecified atom stereocenters. The number of ether oxygens (including phenoxy) is 1. The molecule has 0 saturated heterocycles. The Balaban J connectivity index is 1.53. The Morgan fingerprint density at radius 2 is 1.91 bits per heavy atom. The van der Waals surface area contributed by atoms with Crippen molar-refractivity contribution in [3.05, 3.63) is 60.0 Å². The molecule has 1 N–H and O–H groups in total. The van der Waals surface area contributed by atoms with Crippen molar-refractivity contribution in [3.8, 4) is 17.0 Å². The van der Waals surface area contributed by atoms with Crippen LogP contribution in [0.3, 0.4) is 0 Å². The Hall–Kier alpha value is -2.73. The normalized spacial score (nSPS) is 11.3. The number of hydrogen-bond donors (Lipinski definition) is 1. The Labute approximate surface area is 138 Å². The SMILES string of the molecule is C/C(COc1ccc(-c2csnn2)cc1)=N/Nc1ccccc1. The van der Waals surface area contributed by atoms with Gasteiger partial charge in [0.2, 0.25) is 0 Å². The maximum Gasteiger partial charge on any atom is 0.128 e. The Morgan fingerprint density at radius 1 is 1.13 bits per heavy atom. The van der Waals surface area contributed by atoms with Gasteiger partial charge in [-0.05, 0) is 54.9 Å². The third-order valence-electron chi connectivity index (χ3n) is 3.11. The number of hydrazone groups is 1. The molecule has 0 saturated carbocycles. The molecule has 0 fully saturated rings. The Kier molecular flexibility index (Phi) is 4.95. The van der Waals surface area contributed by atoms with Gasteiger partial charge in [0.15, 0.2) is 0 Å². The molecule has 0 radical (unpaired) electrons. The van der Waals surface area contributed by atoms with Gasteiger partial charge in [0, 0.05) is 10.9 Å². The fourth-order valence-electron chi connectivity index (χ4n) is 1.91. The lowest BCUT2D eigenvalue weighted by Gasteiger charge is -2.07. The molecule has 5 nitrogen and oxygen atoms in total. The lowest BCUT2D eigenvalue weighted by Crippen LogP contribution is -2.09. The number of nitrogens with zero attached hydrogens (tertiary/aromatic N) is 3. The molecule has 0 spiro atoms. The van der Waals surface area contributed by atoms with Gasteiger partial charge in [-0.3, -0.25) is 5.43 Å². The molecule has 116 valence electrons. The fraction of sp³-hybridized carbons (Fsp3) is 0.118. The first-order chi connectivity index (χ1) is 11.3. The lowest BCUT2D eigenvalue weighted by molar-refractivity contribution is 0.376. The van der Waals surface area contributed by atoms with Gasteiger partial charge in [0.25, 0.3) is 0 Å². The topological polar surface area (TPSA) is 59.4 Å². The zero-order chi connectivity index (χ0) is 15.9. The molecule has 3 rings (SSSR count). The molecule has 23 heavy (non-hydrogen) atoms. The number of para-hydroxylation sites is 1. The van der Waals surface area contributed by atoms with Crippen LogP contribution in [0, 0.1) is 0 Å². The van der Waals surface area contributed by atoms with E-state index in [9.17, 15) is 0 Å². The van der Waals surface area contributed by atoms with E-state index in [-0.39, 0.29) is 0 Å². The summed E-state index contributed by atoms with van der Waals surface area (Å²) in [4.78, 5) is 0. The van der Waals surface area contributed by atoms with Crippen LogP contribution < -0.4 is 10.2 Å². The van der Waals surface area contributed by atoms with E-state index in [4.69, 9.17) is 4.74 Å². The average molecular weight is 324 g/mol. The highest BCUT2D eigenvalue weighted by atomic mass is 32.1. The van der Waals surface area contributed by atoms with Crippen LogP contribution in [0.15, 0.2) is 65.1 Å². The van der Waals surface area contributed by atoms with Crippen molar-refractivity contribution in [3.63, 3.8) is 0 Å². The first-order valence-electron chi connectivity index (χ1n) is 7.16. The van der Waals surface area contributed by atoms with Gasteiger partial charge in [-0.1, -0.05) is 22.7 Å². The molecular weight excluding hydrogens is 308 g/mol. The summed E-state index contributed by atoms with van der Waals surface area (Å²) in [5.41, 5.74) is 6.73. The third kappa shape index (κ3) is 4.37. The second-order valence-corrected chi connectivity index (χ2v) is 5.54. The number of aromatic nitrogens is 2. The van der Waals surface area contributed by atoms with Gasteiger partial charge >= 0.3 is 0 Å². The summed E-state index contributed by atoms with van der Waals surface area (Å²) in [6, 6.07) is 17.6. The number of nitrogens with one attached hydrogen (secondary N) is 1. The summed E-state index contributed by atoms with van der Waals surface area (Å²) in [7, 11) is 0. The van der Waals surface area contributed by atoms with E-state index >= 15 is 0 Å². The second kappa shape index (κ2) is 7.51. The number of hydrogen-bond acceptors (Lipinski definition) is 6. The summed E-state index contributed by atoms with van der Waals surface area (Å²) >= 11 is 1.34. The molecule has 3 aromatic rings. The molecule has 0 aliphatic carbocycles. The molecule has 2 aromatic carbocycles. The summed E-state index contributed by atoms with van der Waals surface area (Å²) in [5.74, 6) is 0.797. The van der Waals surface area contributed by atoms with Crippen LogP contribution in [0.2, 0.25) is 0 Å². The van der Waals surface area contributed by atoms with Crippen LogP contribution >= 0.6 is 11.5 Å². The van der Waals surface area contributed by atoms with Gasteiger partial charge in [0.05, 0.1) is 11.4 Å². The monoisotopic (exact) mass is 324 g/mol. The smallest absolute Gasteiger partial charge is 0.128 e. The lowest BCUT2D eigenvalue weighted by atomic mass is 10.2. The van der Waals surface area contributed by atoms with Crippen molar-refractivity contribution in [1.82, 2.24) is 9.59 Å². The quantitative estimate of drug-likeness (QED) is 0.548. The van der Waals surface area contributed by atoms with E-state index in [0.717, 1.165) is 28.4 Å². The minimum absolute atomic E-state index is 0.428. The summed E-state index contributed by atoms with van der Waals surface area (Å²) in [6.45, 7) is 2.35. The van der Waals surface area contributed by atoms with Crippen LogP contribution in [0.1, 0.15) is 6.92 Å². The van der Waals surface area contributed by atoms with Crippen LogP contribution in [0.25, 0.3) is 11.3 Å². The predicted octanol–water partition coefficient (Wildman–Crippen LogP) is 4.07. The van der Waals surface area contributed by atoms with Crippen LogP contribution in [-0.4, -0.2) is 21.9 Å². The van der Waals surface area contributed by atoms with Crippen molar-refractivity contribution in [2.24, 2.45) is 5.10 Å². The van der Waals surface area contributed by atoms with Crippen molar-refractivity contribution < 1.29 is 4.74 Å². The van der Waals surface area contributed by atoms with E-state index in [0.29, 0.717) is 6.61 Å². The first-order valence-corrected chi connectivity index (χ1v) is 7.99. The third-order valence-corrected chi connectivity index (χ3v) is 3.61. The van der Waals surface area contributed by atoms with Crippen molar-refractivity contribution >= 4 is 22.9 Å². The van der Waals surface area contributed by atoms with Crippen LogP contribution in [0.4, 0.5) is 5.69 Å². The molecule has 0 atom stereocenters. The minimum Gasteiger partial charge on any atom is -0.488 e. The molecule has 0 aliphatic rings. The van der Waals surface area contributed by atoms with Gasteiger partial charge in [-0.25, -0.2) is 0 Å². The van der Waals surface area contributed by atoms with Crippen LogP contribution in [0.5, 0.6) is 5.75 Å². The largest absolute Gasteiger partial charge is 0.488 e. The van der Waals surface area contributed by atoms with E-state index < -0.39 is 0 Å². The van der Waals surface area contributed by atoms with E-state index in [1.165, 1.54) is 11.5 Å². The molecule has 0 amide bonds. The van der Waals surface area contributed by atoms with Gasteiger partial charge in [-0.15, -0.1) is 5.10 Å². The zero-order valence-electron chi connectivity index (χ0n) is 12.6. The highest BCUT2D eigenvalue weighted by molar-refractivity contribution is 7.03. The maximum atomic E-state index is 5.72. The Bertz CT molecular complexity index is 755. The Morgan fingerprint density at radius 3 is 2.61 bits per heavy atom. The highest BCUT2D eigenvalue weighted by Crippen LogP contribution is 2.21. The van der Waals surface area contributed by atoms with Crippen molar-refractivity contribution in [2.75, 3.05) is 12.0 Å². The van der Waals surface area contributed by atoms with Crippen LogP contribution in [-0.2, 0) is 0 Å².